The molecule has 0 unspecified atom stereocenters. The first-order chi connectivity index (χ1) is 13.4. The fraction of sp³-hybridized carbons (Fsp3) is 0.333. The van der Waals surface area contributed by atoms with Gasteiger partial charge in [-0.2, -0.15) is 0 Å². The Kier molecular flexibility index (Phi) is 4.84. The van der Waals surface area contributed by atoms with Gasteiger partial charge in [0.15, 0.2) is 11.5 Å². The zero-order chi connectivity index (χ0) is 19.8. The highest BCUT2D eigenvalue weighted by molar-refractivity contribution is 7.93. The second-order valence-corrected chi connectivity index (χ2v) is 10.2. The first-order valence-electron chi connectivity index (χ1n) is 8.88. The van der Waals surface area contributed by atoms with Gasteiger partial charge in [0.25, 0.3) is 10.0 Å². The van der Waals surface area contributed by atoms with E-state index in [1.165, 1.54) is 16.4 Å². The highest BCUT2D eigenvalue weighted by Crippen LogP contribution is 2.33. The average molecular weight is 425 g/mol. The first kappa shape index (κ1) is 18.9. The third kappa shape index (κ3) is 3.74. The molecule has 2 aliphatic heterocycles. The fourth-order valence-electron chi connectivity index (χ4n) is 3.18. The molecule has 0 atom stereocenters. The highest BCUT2D eigenvalue weighted by atomic mass is 32.2. The summed E-state index contributed by atoms with van der Waals surface area (Å²) in [7, 11) is -7.13. The molecule has 0 spiro atoms. The Morgan fingerprint density at radius 1 is 0.929 bits per heavy atom. The summed E-state index contributed by atoms with van der Waals surface area (Å²) in [4.78, 5) is 0.0550. The first-order valence-corrected chi connectivity index (χ1v) is 12.0. The second kappa shape index (κ2) is 7.17. The standard InChI is InChI=1S/C18H20N2O6S2/c21-27(22)12-2-1-9-20(27)15-5-3-14(4-6-15)19-28(23,24)16-7-8-17-18(13-16)26-11-10-25-17/h3-8,13,19H,1-2,9-12H2. The summed E-state index contributed by atoms with van der Waals surface area (Å²) in [5, 5.41) is 0. The van der Waals surface area contributed by atoms with E-state index in [9.17, 15) is 16.8 Å². The van der Waals surface area contributed by atoms with Crippen molar-refractivity contribution in [1.29, 1.82) is 0 Å². The zero-order valence-electron chi connectivity index (χ0n) is 15.0. The normalized spacial score (nSPS) is 18.5. The van der Waals surface area contributed by atoms with E-state index in [1.54, 1.807) is 30.3 Å². The summed E-state index contributed by atoms with van der Waals surface area (Å²) in [5.74, 6) is 1.03. The predicted octanol–water partition coefficient (Wildman–Crippen LogP) is 2.19. The van der Waals surface area contributed by atoms with E-state index in [1.807, 2.05) is 0 Å². The minimum absolute atomic E-state index is 0.0550. The molecule has 0 bridgehead atoms. The van der Waals surface area contributed by atoms with E-state index >= 15 is 0 Å². The number of nitrogens with zero attached hydrogens (tertiary/aromatic N) is 1. The molecule has 1 fully saturated rings. The lowest BCUT2D eigenvalue weighted by Crippen LogP contribution is -2.37. The van der Waals surface area contributed by atoms with Crippen molar-refractivity contribution in [2.24, 2.45) is 0 Å². The lowest BCUT2D eigenvalue weighted by Gasteiger charge is -2.28. The molecule has 8 nitrogen and oxygen atoms in total. The van der Waals surface area contributed by atoms with Crippen LogP contribution in [-0.4, -0.2) is 42.3 Å². The van der Waals surface area contributed by atoms with Crippen molar-refractivity contribution in [3.63, 3.8) is 0 Å². The molecule has 0 aromatic heterocycles. The third-order valence-electron chi connectivity index (χ3n) is 4.58. The maximum Gasteiger partial charge on any atom is 0.262 e. The van der Waals surface area contributed by atoms with Gasteiger partial charge < -0.3 is 9.47 Å². The van der Waals surface area contributed by atoms with Gasteiger partial charge in [-0.25, -0.2) is 16.8 Å². The quantitative estimate of drug-likeness (QED) is 0.807. The van der Waals surface area contributed by atoms with Crippen LogP contribution in [0, 0.1) is 0 Å². The summed E-state index contributed by atoms with van der Waals surface area (Å²) in [6.07, 6.45) is 1.46. The molecule has 2 heterocycles. The SMILES string of the molecule is O=S(=O)(Nc1ccc(N2CCCCS2(=O)=O)cc1)c1ccc2c(c1)OCCO2. The summed E-state index contributed by atoms with van der Waals surface area (Å²) in [6.45, 7) is 1.23. The van der Waals surface area contributed by atoms with Gasteiger partial charge in [-0.05, 0) is 49.2 Å². The molecule has 1 saturated heterocycles. The number of hydrogen-bond donors (Lipinski definition) is 1. The molecule has 2 aromatic rings. The highest BCUT2D eigenvalue weighted by Gasteiger charge is 2.26. The van der Waals surface area contributed by atoms with Gasteiger partial charge in [-0.15, -0.1) is 0 Å². The molecular weight excluding hydrogens is 404 g/mol. The van der Waals surface area contributed by atoms with E-state index in [-0.39, 0.29) is 10.6 Å². The molecule has 2 aliphatic rings. The van der Waals surface area contributed by atoms with Crippen LogP contribution in [0.1, 0.15) is 12.8 Å². The van der Waals surface area contributed by atoms with Gasteiger partial charge in [0.1, 0.15) is 13.2 Å². The number of sulfonamides is 2. The Hall–Kier alpha value is -2.46. The van der Waals surface area contributed by atoms with Crippen LogP contribution in [0.25, 0.3) is 0 Å². The van der Waals surface area contributed by atoms with Crippen LogP contribution in [-0.2, 0) is 20.0 Å². The molecule has 0 saturated carbocycles. The third-order valence-corrected chi connectivity index (χ3v) is 7.83. The van der Waals surface area contributed by atoms with Gasteiger partial charge in [0.2, 0.25) is 10.0 Å². The van der Waals surface area contributed by atoms with E-state index in [0.29, 0.717) is 49.1 Å². The second-order valence-electron chi connectivity index (χ2n) is 6.55. The van der Waals surface area contributed by atoms with Crippen molar-refractivity contribution in [3.8, 4) is 11.5 Å². The van der Waals surface area contributed by atoms with Gasteiger partial charge in [0, 0.05) is 18.3 Å². The molecule has 4 rings (SSSR count). The van der Waals surface area contributed by atoms with Crippen LogP contribution in [0.15, 0.2) is 47.4 Å². The Balaban J connectivity index is 1.54. The van der Waals surface area contributed by atoms with E-state index in [2.05, 4.69) is 4.72 Å². The maximum absolute atomic E-state index is 12.7. The van der Waals surface area contributed by atoms with Crippen LogP contribution in [0.4, 0.5) is 11.4 Å². The largest absolute Gasteiger partial charge is 0.486 e. The maximum atomic E-state index is 12.7. The van der Waals surface area contributed by atoms with Crippen molar-refractivity contribution < 1.29 is 26.3 Å². The van der Waals surface area contributed by atoms with Gasteiger partial charge in [0.05, 0.1) is 16.3 Å². The molecule has 28 heavy (non-hydrogen) atoms. The summed E-state index contributed by atoms with van der Waals surface area (Å²) < 4.78 is 64.4. The minimum Gasteiger partial charge on any atom is -0.486 e. The minimum atomic E-state index is -3.82. The van der Waals surface area contributed by atoms with Gasteiger partial charge in [-0.1, -0.05) is 0 Å². The van der Waals surface area contributed by atoms with Crippen LogP contribution < -0.4 is 18.5 Å². The molecule has 1 N–H and O–H groups in total. The molecule has 2 aromatic carbocycles. The zero-order valence-corrected chi connectivity index (χ0v) is 16.6. The van der Waals surface area contributed by atoms with E-state index < -0.39 is 20.0 Å². The van der Waals surface area contributed by atoms with Crippen molar-refractivity contribution >= 4 is 31.4 Å². The average Bonchev–Trinajstić information content (AvgIpc) is 2.68. The smallest absolute Gasteiger partial charge is 0.262 e. The van der Waals surface area contributed by atoms with Crippen molar-refractivity contribution in [1.82, 2.24) is 0 Å². The van der Waals surface area contributed by atoms with E-state index in [4.69, 9.17) is 9.47 Å². The lowest BCUT2D eigenvalue weighted by molar-refractivity contribution is 0.171. The van der Waals surface area contributed by atoms with Crippen LogP contribution in [0.2, 0.25) is 0 Å². The number of nitrogens with one attached hydrogen (secondary N) is 1. The number of fused-ring (bicyclic) bond motifs is 1. The fourth-order valence-corrected chi connectivity index (χ4v) is 5.89. The number of anilines is 2. The Morgan fingerprint density at radius 2 is 1.64 bits per heavy atom. The lowest BCUT2D eigenvalue weighted by atomic mass is 10.2. The van der Waals surface area contributed by atoms with Gasteiger partial charge >= 0.3 is 0 Å². The molecule has 0 amide bonds. The number of benzene rings is 2. The Labute approximate surface area is 164 Å². The van der Waals surface area contributed by atoms with Crippen LogP contribution in [0.3, 0.4) is 0 Å². The number of hydrogen-bond acceptors (Lipinski definition) is 6. The van der Waals surface area contributed by atoms with Crippen LogP contribution >= 0.6 is 0 Å². The summed E-state index contributed by atoms with van der Waals surface area (Å²) in [5.41, 5.74) is 0.870. The monoisotopic (exact) mass is 424 g/mol. The van der Waals surface area contributed by atoms with E-state index in [0.717, 1.165) is 6.42 Å². The Morgan fingerprint density at radius 3 is 2.36 bits per heavy atom. The Bertz CT molecular complexity index is 1080. The number of rotatable bonds is 4. The van der Waals surface area contributed by atoms with Crippen LogP contribution in [0.5, 0.6) is 11.5 Å². The van der Waals surface area contributed by atoms with Crippen molar-refractivity contribution in [2.75, 3.05) is 34.5 Å². The molecule has 10 heteroatoms. The van der Waals surface area contributed by atoms with Gasteiger partial charge in [-0.3, -0.25) is 9.03 Å². The summed E-state index contributed by atoms with van der Waals surface area (Å²) in [6, 6.07) is 10.7. The molecule has 0 radical (unpaired) electrons. The molecule has 0 aliphatic carbocycles. The molecule has 150 valence electrons. The topological polar surface area (TPSA) is 102 Å². The summed E-state index contributed by atoms with van der Waals surface area (Å²) >= 11 is 0. The predicted molar refractivity (Wildman–Crippen MR) is 105 cm³/mol. The molecular formula is C18H20N2O6S2. The van der Waals surface area contributed by atoms with Crippen molar-refractivity contribution in [2.45, 2.75) is 17.7 Å². The number of ether oxygens (including phenoxy) is 2. The van der Waals surface area contributed by atoms with Crippen molar-refractivity contribution in [3.05, 3.63) is 42.5 Å².